The number of nitrogens with two attached hydrogens (primary N) is 1. The molecule has 1 rings (SSSR count). The van der Waals surface area contributed by atoms with Crippen molar-refractivity contribution in [2.24, 2.45) is 5.73 Å². The van der Waals surface area contributed by atoms with E-state index in [0.29, 0.717) is 0 Å². The van der Waals surface area contributed by atoms with Gasteiger partial charge in [-0.05, 0) is 32.1 Å². The zero-order valence-corrected chi connectivity index (χ0v) is 7.56. The monoisotopic (exact) mass is 157 g/mol. The van der Waals surface area contributed by atoms with Crippen molar-refractivity contribution in [1.29, 1.82) is 0 Å². The standard InChI is InChI=1S/C9H19NO/c1-3-8(10,4-2)9(11)6-5-7-9/h11H,3-7,10H2,1-2H3. The minimum absolute atomic E-state index is 0.328. The Kier molecular flexibility index (Phi) is 2.26. The predicted molar refractivity (Wildman–Crippen MR) is 46.3 cm³/mol. The Morgan fingerprint density at radius 3 is 1.91 bits per heavy atom. The van der Waals surface area contributed by atoms with Crippen molar-refractivity contribution < 1.29 is 5.11 Å². The van der Waals surface area contributed by atoms with Gasteiger partial charge in [0, 0.05) is 5.54 Å². The molecular formula is C9H19NO. The van der Waals surface area contributed by atoms with E-state index in [2.05, 4.69) is 13.8 Å². The van der Waals surface area contributed by atoms with Gasteiger partial charge in [-0.15, -0.1) is 0 Å². The maximum Gasteiger partial charge on any atom is 0.0826 e. The molecule has 1 saturated carbocycles. The van der Waals surface area contributed by atoms with Crippen molar-refractivity contribution in [3.63, 3.8) is 0 Å². The fourth-order valence-corrected chi connectivity index (χ4v) is 1.92. The van der Waals surface area contributed by atoms with Gasteiger partial charge in [-0.2, -0.15) is 0 Å². The van der Waals surface area contributed by atoms with Crippen LogP contribution < -0.4 is 5.73 Å². The Labute approximate surface area is 68.8 Å². The maximum absolute atomic E-state index is 10.0. The molecule has 1 aliphatic carbocycles. The first-order valence-electron chi connectivity index (χ1n) is 4.59. The molecule has 1 fully saturated rings. The molecule has 11 heavy (non-hydrogen) atoms. The van der Waals surface area contributed by atoms with Crippen LogP contribution in [0.3, 0.4) is 0 Å². The molecule has 0 unspecified atom stereocenters. The molecule has 2 nitrogen and oxygen atoms in total. The molecule has 0 aromatic rings. The van der Waals surface area contributed by atoms with Gasteiger partial charge in [-0.3, -0.25) is 0 Å². The highest BCUT2D eigenvalue weighted by Crippen LogP contribution is 2.42. The van der Waals surface area contributed by atoms with Crippen molar-refractivity contribution in [3.8, 4) is 0 Å². The molecule has 0 amide bonds. The fourth-order valence-electron chi connectivity index (χ4n) is 1.92. The Balaban J connectivity index is 2.67. The molecular weight excluding hydrogens is 138 g/mol. The maximum atomic E-state index is 10.0. The van der Waals surface area contributed by atoms with Crippen LogP contribution in [0.25, 0.3) is 0 Å². The second kappa shape index (κ2) is 2.76. The third kappa shape index (κ3) is 1.18. The average Bonchev–Trinajstić information content (AvgIpc) is 1.98. The average molecular weight is 157 g/mol. The smallest absolute Gasteiger partial charge is 0.0826 e. The van der Waals surface area contributed by atoms with Gasteiger partial charge >= 0.3 is 0 Å². The predicted octanol–water partition coefficient (Wildman–Crippen LogP) is 1.42. The third-order valence-electron chi connectivity index (χ3n) is 3.37. The summed E-state index contributed by atoms with van der Waals surface area (Å²) in [5, 5.41) is 10.0. The van der Waals surface area contributed by atoms with Gasteiger partial charge < -0.3 is 10.8 Å². The number of hydrogen-bond donors (Lipinski definition) is 2. The highest BCUT2D eigenvalue weighted by atomic mass is 16.3. The third-order valence-corrected chi connectivity index (χ3v) is 3.37. The number of rotatable bonds is 3. The molecule has 3 N–H and O–H groups in total. The molecule has 0 saturated heterocycles. The number of aliphatic hydroxyl groups is 1. The second-order valence-corrected chi connectivity index (χ2v) is 3.75. The molecule has 0 aromatic carbocycles. The molecule has 0 spiro atoms. The van der Waals surface area contributed by atoms with Gasteiger partial charge in [0.05, 0.1) is 5.60 Å². The molecule has 2 heteroatoms. The van der Waals surface area contributed by atoms with E-state index in [1.807, 2.05) is 0 Å². The van der Waals surface area contributed by atoms with Crippen LogP contribution in [0.5, 0.6) is 0 Å². The lowest BCUT2D eigenvalue weighted by Gasteiger charge is -2.50. The van der Waals surface area contributed by atoms with Crippen LogP contribution in [-0.2, 0) is 0 Å². The first-order chi connectivity index (χ1) is 5.08. The SMILES string of the molecule is CCC(N)(CC)C1(O)CCC1. The zero-order chi connectivity index (χ0) is 8.54. The molecule has 0 radical (unpaired) electrons. The first kappa shape index (κ1) is 9.01. The van der Waals surface area contributed by atoms with Crippen molar-refractivity contribution in [2.45, 2.75) is 57.1 Å². The summed E-state index contributed by atoms with van der Waals surface area (Å²) in [7, 11) is 0. The Bertz CT molecular complexity index is 136. The molecule has 0 atom stereocenters. The zero-order valence-electron chi connectivity index (χ0n) is 7.56. The number of hydrogen-bond acceptors (Lipinski definition) is 2. The van der Waals surface area contributed by atoms with E-state index in [1.165, 1.54) is 0 Å². The van der Waals surface area contributed by atoms with Gasteiger partial charge in [0.1, 0.15) is 0 Å². The van der Waals surface area contributed by atoms with E-state index in [4.69, 9.17) is 5.73 Å². The second-order valence-electron chi connectivity index (χ2n) is 3.75. The molecule has 66 valence electrons. The van der Waals surface area contributed by atoms with Crippen LogP contribution in [-0.4, -0.2) is 16.2 Å². The lowest BCUT2D eigenvalue weighted by molar-refractivity contribution is -0.100. The highest BCUT2D eigenvalue weighted by Gasteiger charge is 2.49. The Hall–Kier alpha value is -0.0800. The van der Waals surface area contributed by atoms with Crippen molar-refractivity contribution in [1.82, 2.24) is 0 Å². The topological polar surface area (TPSA) is 46.2 Å². The van der Waals surface area contributed by atoms with Crippen LogP contribution in [0.15, 0.2) is 0 Å². The normalized spacial score (nSPS) is 22.9. The Morgan fingerprint density at radius 2 is 1.82 bits per heavy atom. The highest BCUT2D eigenvalue weighted by molar-refractivity contribution is 5.06. The summed E-state index contributed by atoms with van der Waals surface area (Å²) in [5.74, 6) is 0. The minimum Gasteiger partial charge on any atom is -0.388 e. The van der Waals surface area contributed by atoms with E-state index < -0.39 is 5.60 Å². The van der Waals surface area contributed by atoms with Crippen LogP contribution in [0.1, 0.15) is 46.0 Å². The molecule has 0 aromatic heterocycles. The molecule has 0 aliphatic heterocycles. The summed E-state index contributed by atoms with van der Waals surface area (Å²) in [4.78, 5) is 0. The largest absolute Gasteiger partial charge is 0.388 e. The van der Waals surface area contributed by atoms with Gasteiger partial charge in [0.25, 0.3) is 0 Å². The summed E-state index contributed by atoms with van der Waals surface area (Å²) < 4.78 is 0. The van der Waals surface area contributed by atoms with Gasteiger partial charge in [0.15, 0.2) is 0 Å². The van der Waals surface area contributed by atoms with Crippen LogP contribution in [0, 0.1) is 0 Å². The van der Waals surface area contributed by atoms with Crippen molar-refractivity contribution >= 4 is 0 Å². The van der Waals surface area contributed by atoms with Gasteiger partial charge in [-0.1, -0.05) is 13.8 Å². The lowest BCUT2D eigenvalue weighted by Crippen LogP contribution is -2.63. The summed E-state index contributed by atoms with van der Waals surface area (Å²) in [5.41, 5.74) is 5.21. The molecule has 0 bridgehead atoms. The molecule has 1 aliphatic rings. The fraction of sp³-hybridized carbons (Fsp3) is 1.00. The van der Waals surface area contributed by atoms with E-state index in [-0.39, 0.29) is 5.54 Å². The summed E-state index contributed by atoms with van der Waals surface area (Å²) in [6, 6.07) is 0. The van der Waals surface area contributed by atoms with Crippen molar-refractivity contribution in [2.75, 3.05) is 0 Å². The van der Waals surface area contributed by atoms with Gasteiger partial charge in [0.2, 0.25) is 0 Å². The first-order valence-corrected chi connectivity index (χ1v) is 4.59. The van der Waals surface area contributed by atoms with E-state index in [9.17, 15) is 5.11 Å². The van der Waals surface area contributed by atoms with E-state index >= 15 is 0 Å². The summed E-state index contributed by atoms with van der Waals surface area (Å²) >= 11 is 0. The van der Waals surface area contributed by atoms with Crippen LogP contribution >= 0.6 is 0 Å². The van der Waals surface area contributed by atoms with E-state index in [0.717, 1.165) is 32.1 Å². The summed E-state index contributed by atoms with van der Waals surface area (Å²) in [6.07, 6.45) is 4.67. The molecule has 0 heterocycles. The van der Waals surface area contributed by atoms with Gasteiger partial charge in [-0.25, -0.2) is 0 Å². The van der Waals surface area contributed by atoms with Crippen molar-refractivity contribution in [3.05, 3.63) is 0 Å². The summed E-state index contributed by atoms with van der Waals surface area (Å²) in [6.45, 7) is 4.11. The lowest BCUT2D eigenvalue weighted by atomic mass is 9.64. The quantitative estimate of drug-likeness (QED) is 0.651. The van der Waals surface area contributed by atoms with E-state index in [1.54, 1.807) is 0 Å². The minimum atomic E-state index is -0.545. The van der Waals surface area contributed by atoms with Crippen LogP contribution in [0.4, 0.5) is 0 Å². The van der Waals surface area contributed by atoms with Crippen LogP contribution in [0.2, 0.25) is 0 Å². The Morgan fingerprint density at radius 1 is 1.36 bits per heavy atom.